The van der Waals surface area contributed by atoms with Crippen molar-refractivity contribution in [2.24, 2.45) is 0 Å². The van der Waals surface area contributed by atoms with Crippen LogP contribution in [0.25, 0.3) is 0 Å². The normalized spacial score (nSPS) is 23.5. The molecule has 1 aromatic heterocycles. The molecule has 1 unspecified atom stereocenters. The van der Waals surface area contributed by atoms with E-state index in [4.69, 9.17) is 0 Å². The van der Waals surface area contributed by atoms with Gasteiger partial charge in [-0.3, -0.25) is 15.0 Å². The van der Waals surface area contributed by atoms with E-state index in [1.165, 1.54) is 6.42 Å². The van der Waals surface area contributed by atoms with Crippen molar-refractivity contribution in [3.05, 3.63) is 27.9 Å². The summed E-state index contributed by atoms with van der Waals surface area (Å²) in [5.41, 5.74) is 0.820. The molecule has 3 heterocycles. The van der Waals surface area contributed by atoms with Crippen molar-refractivity contribution in [3.8, 4) is 0 Å². The zero-order valence-corrected chi connectivity index (χ0v) is 12.3. The van der Waals surface area contributed by atoms with E-state index in [-0.39, 0.29) is 10.6 Å². The molecule has 1 aromatic rings. The van der Waals surface area contributed by atoms with Crippen molar-refractivity contribution >= 4 is 11.5 Å². The fraction of sp³-hybridized carbons (Fsp3) is 0.643. The fourth-order valence-corrected chi connectivity index (χ4v) is 3.24. The van der Waals surface area contributed by atoms with Crippen molar-refractivity contribution in [2.45, 2.75) is 19.4 Å². The van der Waals surface area contributed by atoms with E-state index in [2.05, 4.69) is 15.2 Å². The maximum atomic E-state index is 11.3. The molecule has 0 aliphatic carbocycles. The predicted molar refractivity (Wildman–Crippen MR) is 80.7 cm³/mol. The van der Waals surface area contributed by atoms with Crippen LogP contribution in [0, 0.1) is 17.0 Å². The van der Waals surface area contributed by atoms with E-state index in [1.54, 1.807) is 19.2 Å². The Morgan fingerprint density at radius 1 is 1.38 bits per heavy atom. The molecule has 7 heteroatoms. The van der Waals surface area contributed by atoms with Crippen LogP contribution in [0.3, 0.4) is 0 Å². The minimum Gasteiger partial charge on any atom is -0.348 e. The van der Waals surface area contributed by atoms with Gasteiger partial charge in [0.1, 0.15) is 0 Å². The summed E-state index contributed by atoms with van der Waals surface area (Å²) in [7, 11) is 0. The number of hydrogen-bond acceptors (Lipinski definition) is 6. The van der Waals surface area contributed by atoms with Crippen molar-refractivity contribution < 1.29 is 4.92 Å². The maximum Gasteiger partial charge on any atom is 0.314 e. The highest BCUT2D eigenvalue weighted by molar-refractivity contribution is 5.61. The van der Waals surface area contributed by atoms with Gasteiger partial charge in [0.15, 0.2) is 0 Å². The number of pyridine rings is 1. The Hall–Kier alpha value is -1.73. The van der Waals surface area contributed by atoms with E-state index in [0.29, 0.717) is 17.4 Å². The highest BCUT2D eigenvalue weighted by Crippen LogP contribution is 2.29. The molecule has 0 spiro atoms. The molecule has 0 amide bonds. The number of aryl methyl sites for hydroxylation is 1. The van der Waals surface area contributed by atoms with Crippen molar-refractivity contribution in [1.82, 2.24) is 15.2 Å². The Morgan fingerprint density at radius 2 is 2.14 bits per heavy atom. The van der Waals surface area contributed by atoms with Crippen molar-refractivity contribution in [2.75, 3.05) is 44.2 Å². The zero-order valence-electron chi connectivity index (χ0n) is 12.3. The molecule has 114 valence electrons. The molecule has 21 heavy (non-hydrogen) atoms. The molecule has 0 bridgehead atoms. The summed E-state index contributed by atoms with van der Waals surface area (Å²) >= 11 is 0. The summed E-state index contributed by atoms with van der Waals surface area (Å²) in [6.07, 6.45) is 2.85. The van der Waals surface area contributed by atoms with E-state index in [1.807, 2.05) is 4.90 Å². The summed E-state index contributed by atoms with van der Waals surface area (Å²) in [5.74, 6) is 0.518. The average Bonchev–Trinajstić information content (AvgIpc) is 3.01. The second kappa shape index (κ2) is 5.95. The van der Waals surface area contributed by atoms with E-state index in [9.17, 15) is 10.1 Å². The topological polar surface area (TPSA) is 74.5 Å². The molecule has 2 saturated heterocycles. The molecule has 2 aliphatic heterocycles. The van der Waals surface area contributed by atoms with Crippen LogP contribution in [-0.4, -0.2) is 60.1 Å². The van der Waals surface area contributed by atoms with Gasteiger partial charge in [0.25, 0.3) is 0 Å². The van der Waals surface area contributed by atoms with Gasteiger partial charge in [0, 0.05) is 50.5 Å². The molecule has 0 aromatic carbocycles. The lowest BCUT2D eigenvalue weighted by atomic mass is 10.1. The molecular formula is C14H21N5O2. The first-order valence-electron chi connectivity index (χ1n) is 7.46. The second-order valence-corrected chi connectivity index (χ2v) is 5.73. The van der Waals surface area contributed by atoms with Crippen LogP contribution in [0.15, 0.2) is 12.3 Å². The summed E-state index contributed by atoms with van der Waals surface area (Å²) in [4.78, 5) is 19.8. The summed E-state index contributed by atoms with van der Waals surface area (Å²) in [6.45, 7) is 7.40. The molecular weight excluding hydrogens is 270 g/mol. The molecule has 2 aliphatic rings. The maximum absolute atomic E-state index is 11.3. The monoisotopic (exact) mass is 291 g/mol. The van der Waals surface area contributed by atoms with Crippen LogP contribution in [0.4, 0.5) is 11.5 Å². The first-order chi connectivity index (χ1) is 10.2. The zero-order chi connectivity index (χ0) is 14.8. The molecule has 2 fully saturated rings. The van der Waals surface area contributed by atoms with Gasteiger partial charge in [0.2, 0.25) is 5.82 Å². The Kier molecular flexibility index (Phi) is 4.03. The quantitative estimate of drug-likeness (QED) is 0.655. The van der Waals surface area contributed by atoms with Crippen molar-refractivity contribution in [1.29, 1.82) is 0 Å². The molecule has 1 N–H and O–H groups in total. The van der Waals surface area contributed by atoms with Gasteiger partial charge in [-0.1, -0.05) is 0 Å². The van der Waals surface area contributed by atoms with Crippen LogP contribution in [-0.2, 0) is 0 Å². The van der Waals surface area contributed by atoms with Crippen LogP contribution >= 0.6 is 0 Å². The van der Waals surface area contributed by atoms with Gasteiger partial charge < -0.3 is 10.2 Å². The number of piperazine rings is 1. The lowest BCUT2D eigenvalue weighted by Crippen LogP contribution is -2.51. The lowest BCUT2D eigenvalue weighted by molar-refractivity contribution is -0.384. The van der Waals surface area contributed by atoms with Crippen LogP contribution in [0.2, 0.25) is 0 Å². The molecule has 0 radical (unpaired) electrons. The summed E-state index contributed by atoms with van der Waals surface area (Å²) in [6, 6.07) is 2.31. The first-order valence-corrected chi connectivity index (χ1v) is 7.46. The Bertz CT molecular complexity index is 522. The molecule has 0 saturated carbocycles. The third-order valence-electron chi connectivity index (χ3n) is 4.45. The number of anilines is 1. The predicted octanol–water partition coefficient (Wildman–Crippen LogP) is 0.782. The Morgan fingerprint density at radius 3 is 2.76 bits per heavy atom. The highest BCUT2D eigenvalue weighted by atomic mass is 16.6. The number of rotatable bonds is 3. The van der Waals surface area contributed by atoms with Gasteiger partial charge in [-0.05, 0) is 26.0 Å². The van der Waals surface area contributed by atoms with Crippen LogP contribution < -0.4 is 10.2 Å². The standard InChI is InChI=1S/C14H21N5O2/c1-11-2-5-16-14(13(11)19(20)21)18-8-6-17(7-9-18)12-3-4-15-10-12/h2,5,12,15H,3-4,6-10H2,1H3. The summed E-state index contributed by atoms with van der Waals surface area (Å²) < 4.78 is 0. The average molecular weight is 291 g/mol. The van der Waals surface area contributed by atoms with E-state index in [0.717, 1.165) is 39.3 Å². The van der Waals surface area contributed by atoms with Gasteiger partial charge in [0.05, 0.1) is 4.92 Å². The SMILES string of the molecule is Cc1ccnc(N2CCN(C3CCNC3)CC2)c1[N+](=O)[O-]. The van der Waals surface area contributed by atoms with Crippen LogP contribution in [0.5, 0.6) is 0 Å². The lowest BCUT2D eigenvalue weighted by Gasteiger charge is -2.38. The molecule has 3 rings (SSSR count). The highest BCUT2D eigenvalue weighted by Gasteiger charge is 2.29. The number of nitrogens with one attached hydrogen (secondary N) is 1. The number of nitrogens with zero attached hydrogens (tertiary/aromatic N) is 4. The first kappa shape index (κ1) is 14.2. The van der Waals surface area contributed by atoms with Gasteiger partial charge >= 0.3 is 5.69 Å². The molecule has 1 atom stereocenters. The second-order valence-electron chi connectivity index (χ2n) is 5.73. The van der Waals surface area contributed by atoms with Crippen LogP contribution in [0.1, 0.15) is 12.0 Å². The minimum atomic E-state index is -0.315. The smallest absolute Gasteiger partial charge is 0.314 e. The fourth-order valence-electron chi connectivity index (χ4n) is 3.24. The molecule has 7 nitrogen and oxygen atoms in total. The minimum absolute atomic E-state index is 0.147. The summed E-state index contributed by atoms with van der Waals surface area (Å²) in [5, 5.41) is 14.7. The largest absolute Gasteiger partial charge is 0.348 e. The van der Waals surface area contributed by atoms with Gasteiger partial charge in [-0.2, -0.15) is 0 Å². The number of hydrogen-bond donors (Lipinski definition) is 1. The third kappa shape index (κ3) is 2.84. The van der Waals surface area contributed by atoms with E-state index < -0.39 is 0 Å². The Labute approximate surface area is 124 Å². The number of aromatic nitrogens is 1. The van der Waals surface area contributed by atoms with Gasteiger partial charge in [-0.15, -0.1) is 0 Å². The Balaban J connectivity index is 1.72. The third-order valence-corrected chi connectivity index (χ3v) is 4.45. The van der Waals surface area contributed by atoms with E-state index >= 15 is 0 Å². The van der Waals surface area contributed by atoms with Crippen molar-refractivity contribution in [3.63, 3.8) is 0 Å². The number of nitro groups is 1. The van der Waals surface area contributed by atoms with Gasteiger partial charge in [-0.25, -0.2) is 4.98 Å².